The lowest BCUT2D eigenvalue weighted by atomic mass is 10.5. The summed E-state index contributed by atoms with van der Waals surface area (Å²) in [6.45, 7) is 0.483. The second-order valence-corrected chi connectivity index (χ2v) is 0.697. The van der Waals surface area contributed by atoms with E-state index >= 15 is 0 Å². The molecule has 0 amide bonds. The molecule has 0 unspecified atom stereocenters. The smallest absolute Gasteiger partial charge is 0.0635 e. The van der Waals surface area contributed by atoms with Crippen molar-refractivity contribution in [1.82, 2.24) is 6.15 Å². The maximum atomic E-state index is 7.74. The maximum Gasteiger partial charge on any atom is 0.0635 e. The fourth-order valence-corrected chi connectivity index (χ4v) is 0.0645. The molecule has 7 heavy (non-hydrogen) atoms. The molecule has 3 nitrogen and oxygen atoms in total. The third-order valence-electron chi connectivity index (χ3n) is 0.256. The summed E-state index contributed by atoms with van der Waals surface area (Å²) in [6.07, 6.45) is 0.472. The number of nitrogens with two attached hydrogens (primary N) is 1. The lowest BCUT2D eigenvalue weighted by Crippen LogP contribution is -1.94. The molecule has 0 aromatic carbocycles. The van der Waals surface area contributed by atoms with Crippen molar-refractivity contribution < 1.29 is 0 Å². The van der Waals surface area contributed by atoms with Gasteiger partial charge in [-0.1, -0.05) is 0 Å². The Bertz CT molecular complexity index is 48.6. The lowest BCUT2D eigenvalue weighted by molar-refractivity contribution is 1.02. The minimum absolute atomic E-state index is 0. The van der Waals surface area contributed by atoms with Crippen LogP contribution in [0, 0.1) is 11.3 Å². The summed E-state index contributed by atoms with van der Waals surface area (Å²) < 4.78 is 0. The highest BCUT2D eigenvalue weighted by atomic mass is 35.5. The minimum Gasteiger partial charge on any atom is -0.344 e. The molecular formula is C3H10ClN3. The normalized spacial score (nSPS) is 4.57. The van der Waals surface area contributed by atoms with E-state index in [9.17, 15) is 0 Å². The summed E-state index contributed by atoms with van der Waals surface area (Å²) in [4.78, 5) is 0. The molecule has 0 aromatic rings. The number of halogens is 1. The lowest BCUT2D eigenvalue weighted by Gasteiger charge is -1.68. The summed E-state index contributed by atoms with van der Waals surface area (Å²) in [5, 5.41) is 7.74. The molecule has 0 heterocycles. The first-order chi connectivity index (χ1) is 2.41. The Hall–Kier alpha value is -0.300. The largest absolute Gasteiger partial charge is 0.344 e. The summed E-state index contributed by atoms with van der Waals surface area (Å²) in [6, 6.07) is 1.89. The van der Waals surface area contributed by atoms with Crippen LogP contribution >= 0.6 is 12.4 Å². The van der Waals surface area contributed by atoms with Crippen molar-refractivity contribution in [2.75, 3.05) is 6.54 Å². The van der Waals surface area contributed by atoms with Crippen molar-refractivity contribution in [3.63, 3.8) is 0 Å². The monoisotopic (exact) mass is 123 g/mol. The minimum atomic E-state index is 0. The van der Waals surface area contributed by atoms with E-state index in [1.54, 1.807) is 0 Å². The predicted molar refractivity (Wildman–Crippen MR) is 31.6 cm³/mol. The highest BCUT2D eigenvalue weighted by Gasteiger charge is 1.65. The van der Waals surface area contributed by atoms with Crippen LogP contribution in [0.15, 0.2) is 0 Å². The van der Waals surface area contributed by atoms with Crippen molar-refractivity contribution in [3.8, 4) is 6.07 Å². The number of nitriles is 1. The molecule has 0 spiro atoms. The molecule has 0 atom stereocenters. The standard InChI is InChI=1S/C3H6N2.ClH.H3N/c4-2-1-3-5;;/h1-2,4H2;1H;1H3. The third-order valence-corrected chi connectivity index (χ3v) is 0.256. The molecule has 0 saturated carbocycles. The molecule has 0 rings (SSSR count). The summed E-state index contributed by atoms with van der Waals surface area (Å²) in [5.74, 6) is 0. The van der Waals surface area contributed by atoms with Crippen LogP contribution in [0.1, 0.15) is 6.42 Å². The van der Waals surface area contributed by atoms with Gasteiger partial charge >= 0.3 is 0 Å². The fraction of sp³-hybridized carbons (Fsp3) is 0.667. The SMILES string of the molecule is Cl.N.N#CCCN. The van der Waals surface area contributed by atoms with Crippen LogP contribution in [-0.4, -0.2) is 6.54 Å². The van der Waals surface area contributed by atoms with Crippen LogP contribution in [-0.2, 0) is 0 Å². The Morgan fingerprint density at radius 3 is 2.00 bits per heavy atom. The highest BCUT2D eigenvalue weighted by molar-refractivity contribution is 5.85. The van der Waals surface area contributed by atoms with Gasteiger partial charge in [0.05, 0.1) is 6.07 Å². The molecular weight excluding hydrogens is 114 g/mol. The quantitative estimate of drug-likeness (QED) is 0.531. The molecule has 0 bridgehead atoms. The van der Waals surface area contributed by atoms with Gasteiger partial charge in [-0.15, -0.1) is 12.4 Å². The van der Waals surface area contributed by atoms with E-state index in [1.807, 2.05) is 6.07 Å². The first kappa shape index (κ1) is 15.9. The zero-order valence-electron chi connectivity index (χ0n) is 4.05. The van der Waals surface area contributed by atoms with Gasteiger partial charge in [0.2, 0.25) is 0 Å². The molecule has 5 N–H and O–H groups in total. The van der Waals surface area contributed by atoms with Gasteiger partial charge in [-0.05, 0) is 0 Å². The van der Waals surface area contributed by atoms with Gasteiger partial charge in [0, 0.05) is 13.0 Å². The van der Waals surface area contributed by atoms with E-state index in [4.69, 9.17) is 11.0 Å². The number of hydrogen-bond donors (Lipinski definition) is 2. The highest BCUT2D eigenvalue weighted by Crippen LogP contribution is 1.59. The van der Waals surface area contributed by atoms with Crippen LogP contribution < -0.4 is 11.9 Å². The number of rotatable bonds is 1. The van der Waals surface area contributed by atoms with E-state index in [0.717, 1.165) is 0 Å². The van der Waals surface area contributed by atoms with E-state index < -0.39 is 0 Å². The van der Waals surface area contributed by atoms with E-state index in [-0.39, 0.29) is 18.6 Å². The third kappa shape index (κ3) is 27.0. The topological polar surface area (TPSA) is 84.8 Å². The van der Waals surface area contributed by atoms with Crippen LogP contribution in [0.5, 0.6) is 0 Å². The van der Waals surface area contributed by atoms with Crippen LogP contribution in [0.3, 0.4) is 0 Å². The van der Waals surface area contributed by atoms with Gasteiger partial charge in [0.15, 0.2) is 0 Å². The molecule has 0 saturated heterocycles. The first-order valence-corrected chi connectivity index (χ1v) is 1.49. The second-order valence-electron chi connectivity index (χ2n) is 0.697. The second kappa shape index (κ2) is 17.3. The van der Waals surface area contributed by atoms with Crippen molar-refractivity contribution in [2.24, 2.45) is 5.73 Å². The van der Waals surface area contributed by atoms with Gasteiger partial charge in [-0.2, -0.15) is 5.26 Å². The Balaban J connectivity index is -0.0000000800. The number of hydrogen-bond acceptors (Lipinski definition) is 3. The van der Waals surface area contributed by atoms with Crippen molar-refractivity contribution >= 4 is 12.4 Å². The Morgan fingerprint density at radius 1 is 1.57 bits per heavy atom. The van der Waals surface area contributed by atoms with Gasteiger partial charge in [-0.3, -0.25) is 0 Å². The summed E-state index contributed by atoms with van der Waals surface area (Å²) in [5.41, 5.74) is 4.92. The van der Waals surface area contributed by atoms with E-state index in [1.165, 1.54) is 0 Å². The van der Waals surface area contributed by atoms with Crippen molar-refractivity contribution in [2.45, 2.75) is 6.42 Å². The van der Waals surface area contributed by atoms with Crippen LogP contribution in [0.25, 0.3) is 0 Å². The van der Waals surface area contributed by atoms with Gasteiger partial charge in [0.1, 0.15) is 0 Å². The zero-order valence-corrected chi connectivity index (χ0v) is 4.87. The Labute approximate surface area is 49.5 Å². The molecule has 44 valence electrons. The van der Waals surface area contributed by atoms with Gasteiger partial charge in [-0.25, -0.2) is 0 Å². The van der Waals surface area contributed by atoms with Crippen molar-refractivity contribution in [1.29, 1.82) is 5.26 Å². The number of nitrogens with zero attached hydrogens (tertiary/aromatic N) is 1. The zero-order chi connectivity index (χ0) is 4.12. The molecule has 0 fully saturated rings. The molecule has 0 aliphatic carbocycles. The average Bonchev–Trinajstić information content (AvgIpc) is 1.41. The Kier molecular flexibility index (Phi) is 39.2. The van der Waals surface area contributed by atoms with Crippen molar-refractivity contribution in [3.05, 3.63) is 0 Å². The van der Waals surface area contributed by atoms with Gasteiger partial charge in [0.25, 0.3) is 0 Å². The molecule has 0 radical (unpaired) electrons. The average molecular weight is 124 g/mol. The summed E-state index contributed by atoms with van der Waals surface area (Å²) >= 11 is 0. The molecule has 4 heteroatoms. The Morgan fingerprint density at radius 2 is 2.00 bits per heavy atom. The first-order valence-electron chi connectivity index (χ1n) is 1.49. The van der Waals surface area contributed by atoms with Crippen LogP contribution in [0.4, 0.5) is 0 Å². The van der Waals surface area contributed by atoms with E-state index in [2.05, 4.69) is 0 Å². The maximum absolute atomic E-state index is 7.74. The van der Waals surface area contributed by atoms with E-state index in [0.29, 0.717) is 13.0 Å². The molecule has 0 aromatic heterocycles. The molecule has 0 aliphatic rings. The van der Waals surface area contributed by atoms with Gasteiger partial charge < -0.3 is 11.9 Å². The molecule has 0 aliphatic heterocycles. The fourth-order valence-electron chi connectivity index (χ4n) is 0.0645. The predicted octanol–water partition coefficient (Wildman–Crippen LogP) is 0.443. The summed E-state index contributed by atoms with van der Waals surface area (Å²) in [7, 11) is 0. The van der Waals surface area contributed by atoms with Crippen LogP contribution in [0.2, 0.25) is 0 Å².